The Hall–Kier alpha value is -3.17. The summed E-state index contributed by atoms with van der Waals surface area (Å²) in [5.41, 5.74) is 3.03. The van der Waals surface area contributed by atoms with E-state index in [4.69, 9.17) is 4.74 Å². The summed E-state index contributed by atoms with van der Waals surface area (Å²) >= 11 is 1.40. The smallest absolute Gasteiger partial charge is 0.341 e. The van der Waals surface area contributed by atoms with Crippen LogP contribution in [0.4, 0.5) is 10.7 Å². The van der Waals surface area contributed by atoms with Crippen molar-refractivity contribution in [2.75, 3.05) is 17.1 Å². The molecule has 0 unspecified atom stereocenters. The maximum Gasteiger partial charge on any atom is 0.341 e. The van der Waals surface area contributed by atoms with Gasteiger partial charge in [-0.05, 0) is 68.1 Å². The first-order valence-electron chi connectivity index (χ1n) is 10.0. The Bertz CT molecular complexity index is 1280. The number of benzene rings is 2. The van der Waals surface area contributed by atoms with Crippen LogP contribution in [0.2, 0.25) is 0 Å². The molecule has 0 aliphatic heterocycles. The summed E-state index contributed by atoms with van der Waals surface area (Å²) in [6, 6.07) is 12.6. The lowest BCUT2D eigenvalue weighted by Gasteiger charge is -2.10. The average Bonchev–Trinajstić information content (AvgIpc) is 3.34. The normalized spacial score (nSPS) is 12.8. The number of hydrogen-bond acceptors (Lipinski definition) is 6. The summed E-state index contributed by atoms with van der Waals surface area (Å²) in [6.45, 7) is 1.88. The molecule has 1 heterocycles. The Morgan fingerprint density at radius 3 is 2.34 bits per heavy atom. The monoisotopic (exact) mass is 470 g/mol. The van der Waals surface area contributed by atoms with Crippen LogP contribution in [-0.2, 0) is 27.6 Å². The van der Waals surface area contributed by atoms with Crippen molar-refractivity contribution in [1.82, 2.24) is 0 Å². The fraction of sp³-hybridized carbons (Fsp3) is 0.217. The standard InChI is InChI=1S/C23H22N2O5S2/c1-14-6-12-17(13-7-14)32(28,29)25-16-10-8-15(9-11-16)21(26)24-22-20(23(27)30-2)18-4-3-5-19(18)31-22/h6-13,25H,3-5H2,1-2H3,(H,24,26). The molecular formula is C23H22N2O5S2. The average molecular weight is 471 g/mol. The van der Waals surface area contributed by atoms with E-state index in [0.29, 0.717) is 21.8 Å². The molecule has 4 rings (SSSR count). The molecule has 0 bridgehead atoms. The second-order valence-electron chi connectivity index (χ2n) is 7.50. The second-order valence-corrected chi connectivity index (χ2v) is 10.3. The van der Waals surface area contributed by atoms with Gasteiger partial charge >= 0.3 is 5.97 Å². The van der Waals surface area contributed by atoms with Crippen LogP contribution >= 0.6 is 11.3 Å². The molecule has 0 fully saturated rings. The molecular weight excluding hydrogens is 448 g/mol. The van der Waals surface area contributed by atoms with E-state index in [1.807, 2.05) is 6.92 Å². The summed E-state index contributed by atoms with van der Waals surface area (Å²) < 4.78 is 32.5. The van der Waals surface area contributed by atoms with Crippen LogP contribution < -0.4 is 10.0 Å². The Labute approximate surface area is 190 Å². The number of carbonyl (C=O) groups excluding carboxylic acids is 2. The fourth-order valence-electron chi connectivity index (χ4n) is 3.61. The zero-order valence-corrected chi connectivity index (χ0v) is 19.2. The van der Waals surface area contributed by atoms with Crippen molar-refractivity contribution in [1.29, 1.82) is 0 Å². The Balaban J connectivity index is 1.50. The van der Waals surface area contributed by atoms with Gasteiger partial charge in [-0.2, -0.15) is 0 Å². The number of sulfonamides is 1. The van der Waals surface area contributed by atoms with E-state index in [2.05, 4.69) is 10.0 Å². The van der Waals surface area contributed by atoms with Gasteiger partial charge in [0.2, 0.25) is 0 Å². The lowest BCUT2D eigenvalue weighted by molar-refractivity contribution is 0.0601. The van der Waals surface area contributed by atoms with E-state index in [-0.39, 0.29) is 10.8 Å². The van der Waals surface area contributed by atoms with Gasteiger partial charge in [0.05, 0.1) is 17.6 Å². The zero-order chi connectivity index (χ0) is 22.9. The molecule has 3 aromatic rings. The predicted molar refractivity (Wildman–Crippen MR) is 124 cm³/mol. The van der Waals surface area contributed by atoms with Gasteiger partial charge in [-0.15, -0.1) is 11.3 Å². The van der Waals surface area contributed by atoms with Crippen molar-refractivity contribution in [2.24, 2.45) is 0 Å². The summed E-state index contributed by atoms with van der Waals surface area (Å²) in [4.78, 5) is 26.3. The third-order valence-corrected chi connectivity index (χ3v) is 7.87. The molecule has 1 aliphatic carbocycles. The highest BCUT2D eigenvalue weighted by Gasteiger charge is 2.28. The van der Waals surface area contributed by atoms with Gasteiger partial charge in [-0.3, -0.25) is 9.52 Å². The van der Waals surface area contributed by atoms with Crippen LogP contribution in [0.25, 0.3) is 0 Å². The van der Waals surface area contributed by atoms with Crippen LogP contribution in [0.3, 0.4) is 0 Å². The van der Waals surface area contributed by atoms with E-state index in [9.17, 15) is 18.0 Å². The number of esters is 1. The van der Waals surface area contributed by atoms with Crippen molar-refractivity contribution in [3.05, 3.63) is 75.7 Å². The van der Waals surface area contributed by atoms with Crippen LogP contribution in [0.15, 0.2) is 53.4 Å². The maximum absolute atomic E-state index is 12.8. The van der Waals surface area contributed by atoms with E-state index in [1.54, 1.807) is 12.1 Å². The molecule has 0 spiro atoms. The molecule has 9 heteroatoms. The number of aryl methyl sites for hydroxylation is 2. The maximum atomic E-state index is 12.8. The van der Waals surface area contributed by atoms with Crippen LogP contribution in [0, 0.1) is 6.92 Å². The van der Waals surface area contributed by atoms with Gasteiger partial charge in [-0.25, -0.2) is 13.2 Å². The number of thiophene rings is 1. The number of ether oxygens (including phenoxy) is 1. The number of nitrogens with one attached hydrogen (secondary N) is 2. The summed E-state index contributed by atoms with van der Waals surface area (Å²) in [7, 11) is -2.41. The fourth-order valence-corrected chi connectivity index (χ4v) is 5.94. The van der Waals surface area contributed by atoms with Crippen molar-refractivity contribution >= 4 is 43.9 Å². The van der Waals surface area contributed by atoms with Crippen LogP contribution in [0.5, 0.6) is 0 Å². The van der Waals surface area contributed by atoms with Crippen molar-refractivity contribution in [3.8, 4) is 0 Å². The number of carbonyl (C=O) groups is 2. The van der Waals surface area contributed by atoms with E-state index < -0.39 is 16.0 Å². The highest BCUT2D eigenvalue weighted by molar-refractivity contribution is 7.92. The minimum absolute atomic E-state index is 0.158. The predicted octanol–water partition coefficient (Wildman–Crippen LogP) is 4.38. The van der Waals surface area contributed by atoms with Gasteiger partial charge in [0, 0.05) is 16.1 Å². The Morgan fingerprint density at radius 1 is 1.00 bits per heavy atom. The molecule has 1 aliphatic rings. The molecule has 0 saturated carbocycles. The molecule has 2 N–H and O–H groups in total. The summed E-state index contributed by atoms with van der Waals surface area (Å²) in [5, 5.41) is 3.29. The molecule has 0 radical (unpaired) electrons. The molecule has 2 aromatic carbocycles. The highest BCUT2D eigenvalue weighted by atomic mass is 32.2. The number of anilines is 2. The lowest BCUT2D eigenvalue weighted by atomic mass is 10.1. The lowest BCUT2D eigenvalue weighted by Crippen LogP contribution is -2.15. The second kappa shape index (κ2) is 8.76. The number of methoxy groups -OCH3 is 1. The Morgan fingerprint density at radius 2 is 1.69 bits per heavy atom. The Kier molecular flexibility index (Phi) is 6.03. The van der Waals surface area contributed by atoms with Crippen molar-refractivity contribution < 1.29 is 22.7 Å². The molecule has 0 atom stereocenters. The number of hydrogen-bond donors (Lipinski definition) is 2. The van der Waals surface area contributed by atoms with E-state index in [1.165, 1.54) is 54.8 Å². The highest BCUT2D eigenvalue weighted by Crippen LogP contribution is 2.39. The third kappa shape index (κ3) is 4.39. The number of amides is 1. The van der Waals surface area contributed by atoms with Crippen molar-refractivity contribution in [3.63, 3.8) is 0 Å². The minimum atomic E-state index is -3.73. The largest absolute Gasteiger partial charge is 0.465 e. The molecule has 32 heavy (non-hydrogen) atoms. The van der Waals surface area contributed by atoms with E-state index in [0.717, 1.165) is 35.3 Å². The quantitative estimate of drug-likeness (QED) is 0.521. The van der Waals surface area contributed by atoms with Gasteiger partial charge in [0.25, 0.3) is 15.9 Å². The molecule has 166 valence electrons. The minimum Gasteiger partial charge on any atom is -0.465 e. The van der Waals surface area contributed by atoms with Gasteiger partial charge in [0.1, 0.15) is 5.00 Å². The first-order chi connectivity index (χ1) is 15.3. The van der Waals surface area contributed by atoms with Gasteiger partial charge < -0.3 is 10.1 Å². The van der Waals surface area contributed by atoms with Gasteiger partial charge in [-0.1, -0.05) is 17.7 Å². The zero-order valence-electron chi connectivity index (χ0n) is 17.6. The third-order valence-electron chi connectivity index (χ3n) is 5.27. The number of fused-ring (bicyclic) bond motifs is 1. The summed E-state index contributed by atoms with van der Waals surface area (Å²) in [6.07, 6.45) is 2.66. The molecule has 1 amide bonds. The molecule has 0 saturated heterocycles. The molecule has 7 nitrogen and oxygen atoms in total. The van der Waals surface area contributed by atoms with E-state index >= 15 is 0 Å². The number of rotatable bonds is 6. The first kappa shape index (κ1) is 22.0. The SMILES string of the molecule is COC(=O)c1c(NC(=O)c2ccc(NS(=O)(=O)c3ccc(C)cc3)cc2)sc2c1CCC2. The van der Waals surface area contributed by atoms with Crippen molar-refractivity contribution in [2.45, 2.75) is 31.1 Å². The van der Waals surface area contributed by atoms with Gasteiger partial charge in [0.15, 0.2) is 0 Å². The van der Waals surface area contributed by atoms with Crippen LogP contribution in [0.1, 0.15) is 43.1 Å². The molecule has 1 aromatic heterocycles. The topological polar surface area (TPSA) is 102 Å². The summed E-state index contributed by atoms with van der Waals surface area (Å²) in [5.74, 6) is -0.844. The van der Waals surface area contributed by atoms with Crippen LogP contribution in [-0.4, -0.2) is 27.4 Å². The first-order valence-corrected chi connectivity index (χ1v) is 12.3.